The third-order valence-corrected chi connectivity index (χ3v) is 2.69. The van der Waals surface area contributed by atoms with Crippen LogP contribution in [0.1, 0.15) is 10.4 Å². The van der Waals surface area contributed by atoms with Gasteiger partial charge in [0.15, 0.2) is 11.6 Å². The summed E-state index contributed by atoms with van der Waals surface area (Å²) in [6, 6.07) is 6.91. The van der Waals surface area contributed by atoms with E-state index < -0.39 is 17.5 Å². The quantitative estimate of drug-likeness (QED) is 0.828. The van der Waals surface area contributed by atoms with Crippen molar-refractivity contribution in [1.29, 1.82) is 0 Å². The van der Waals surface area contributed by atoms with Gasteiger partial charge in [-0.3, -0.25) is 4.79 Å². The van der Waals surface area contributed by atoms with Gasteiger partial charge in [-0.25, -0.2) is 8.78 Å². The number of carbonyl (C=O) groups excluding carboxylic acids is 1. The molecule has 0 heterocycles. The maximum Gasteiger partial charge on any atom is 0.255 e. The molecular formula is C13H8ClF2NO2. The van der Waals surface area contributed by atoms with Gasteiger partial charge in [0.05, 0.1) is 5.02 Å². The fourth-order valence-electron chi connectivity index (χ4n) is 1.43. The van der Waals surface area contributed by atoms with Crippen molar-refractivity contribution in [1.82, 2.24) is 0 Å². The maximum absolute atomic E-state index is 13.0. The van der Waals surface area contributed by atoms with Crippen molar-refractivity contribution < 1.29 is 18.7 Å². The van der Waals surface area contributed by atoms with Gasteiger partial charge in [0.25, 0.3) is 5.91 Å². The zero-order chi connectivity index (χ0) is 14.0. The highest BCUT2D eigenvalue weighted by molar-refractivity contribution is 6.32. The molecule has 0 unspecified atom stereocenters. The summed E-state index contributed by atoms with van der Waals surface area (Å²) in [7, 11) is 0. The van der Waals surface area contributed by atoms with Crippen LogP contribution in [0, 0.1) is 11.6 Å². The zero-order valence-electron chi connectivity index (χ0n) is 9.45. The number of hydrogen-bond acceptors (Lipinski definition) is 2. The van der Waals surface area contributed by atoms with Crippen LogP contribution < -0.4 is 5.32 Å². The first-order chi connectivity index (χ1) is 8.97. The van der Waals surface area contributed by atoms with Gasteiger partial charge >= 0.3 is 0 Å². The lowest BCUT2D eigenvalue weighted by atomic mass is 10.2. The second kappa shape index (κ2) is 5.24. The highest BCUT2D eigenvalue weighted by Crippen LogP contribution is 2.26. The molecule has 2 rings (SSSR count). The molecule has 19 heavy (non-hydrogen) atoms. The monoisotopic (exact) mass is 283 g/mol. The third kappa shape index (κ3) is 3.00. The van der Waals surface area contributed by atoms with Gasteiger partial charge in [-0.1, -0.05) is 11.6 Å². The van der Waals surface area contributed by atoms with E-state index in [4.69, 9.17) is 11.6 Å². The first-order valence-corrected chi connectivity index (χ1v) is 5.60. The number of rotatable bonds is 2. The fraction of sp³-hybridized carbons (Fsp3) is 0. The molecule has 0 atom stereocenters. The number of nitrogens with one attached hydrogen (secondary N) is 1. The van der Waals surface area contributed by atoms with E-state index in [0.717, 1.165) is 18.2 Å². The molecule has 2 aromatic carbocycles. The third-order valence-electron chi connectivity index (χ3n) is 2.39. The van der Waals surface area contributed by atoms with Crippen LogP contribution in [0.25, 0.3) is 0 Å². The minimum atomic E-state index is -1.10. The van der Waals surface area contributed by atoms with E-state index >= 15 is 0 Å². The summed E-state index contributed by atoms with van der Waals surface area (Å²) in [4.78, 5) is 11.8. The predicted octanol–water partition coefficient (Wildman–Crippen LogP) is 3.58. The van der Waals surface area contributed by atoms with Gasteiger partial charge in [0, 0.05) is 11.3 Å². The highest BCUT2D eigenvalue weighted by atomic mass is 35.5. The van der Waals surface area contributed by atoms with E-state index in [1.165, 1.54) is 18.2 Å². The Morgan fingerprint density at radius 2 is 1.84 bits per heavy atom. The SMILES string of the molecule is O=C(Nc1ccc(O)c(Cl)c1)c1ccc(F)c(F)c1. The van der Waals surface area contributed by atoms with E-state index in [0.29, 0.717) is 5.69 Å². The normalized spacial score (nSPS) is 10.3. The van der Waals surface area contributed by atoms with Gasteiger partial charge in [-0.2, -0.15) is 0 Å². The van der Waals surface area contributed by atoms with Crippen LogP contribution in [0.4, 0.5) is 14.5 Å². The van der Waals surface area contributed by atoms with Crippen LogP contribution in [0.2, 0.25) is 5.02 Å². The summed E-state index contributed by atoms with van der Waals surface area (Å²) in [5, 5.41) is 11.7. The number of benzene rings is 2. The van der Waals surface area contributed by atoms with E-state index in [1.54, 1.807) is 0 Å². The summed E-state index contributed by atoms with van der Waals surface area (Å²) in [6.07, 6.45) is 0. The van der Waals surface area contributed by atoms with Crippen molar-refractivity contribution >= 4 is 23.2 Å². The number of carbonyl (C=O) groups is 1. The minimum absolute atomic E-state index is 0.0249. The van der Waals surface area contributed by atoms with Crippen molar-refractivity contribution in [3.05, 3.63) is 58.6 Å². The average molecular weight is 284 g/mol. The molecule has 3 nitrogen and oxygen atoms in total. The molecule has 0 saturated carbocycles. The van der Waals surface area contributed by atoms with E-state index in [2.05, 4.69) is 5.32 Å². The van der Waals surface area contributed by atoms with Gasteiger partial charge in [-0.05, 0) is 36.4 Å². The molecule has 0 aliphatic carbocycles. The van der Waals surface area contributed by atoms with Crippen LogP contribution in [0.15, 0.2) is 36.4 Å². The van der Waals surface area contributed by atoms with Crippen molar-refractivity contribution in [3.63, 3.8) is 0 Å². The molecule has 0 aliphatic heterocycles. The van der Waals surface area contributed by atoms with Crippen LogP contribution in [0.5, 0.6) is 5.75 Å². The molecule has 0 saturated heterocycles. The van der Waals surface area contributed by atoms with Crippen LogP contribution in [-0.4, -0.2) is 11.0 Å². The summed E-state index contributed by atoms with van der Waals surface area (Å²) in [6.45, 7) is 0. The molecule has 0 fully saturated rings. The summed E-state index contributed by atoms with van der Waals surface area (Å²) in [5.74, 6) is -2.85. The summed E-state index contributed by atoms with van der Waals surface area (Å²) < 4.78 is 25.7. The lowest BCUT2D eigenvalue weighted by Crippen LogP contribution is -2.12. The Morgan fingerprint density at radius 3 is 2.47 bits per heavy atom. The van der Waals surface area contributed by atoms with Crippen LogP contribution in [0.3, 0.4) is 0 Å². The molecule has 0 aliphatic rings. The Hall–Kier alpha value is -2.14. The molecule has 6 heteroatoms. The number of halogens is 3. The van der Waals surface area contributed by atoms with E-state index in [-0.39, 0.29) is 16.3 Å². The van der Waals surface area contributed by atoms with Crippen LogP contribution >= 0.6 is 11.6 Å². The van der Waals surface area contributed by atoms with Gasteiger partial charge < -0.3 is 10.4 Å². The number of anilines is 1. The standard InChI is InChI=1S/C13H8ClF2NO2/c14-9-6-8(2-4-12(9)18)17-13(19)7-1-3-10(15)11(16)5-7/h1-6,18H,(H,17,19). The lowest BCUT2D eigenvalue weighted by Gasteiger charge is -2.06. The topological polar surface area (TPSA) is 49.3 Å². The molecule has 0 aromatic heterocycles. The number of hydrogen-bond donors (Lipinski definition) is 2. The Balaban J connectivity index is 2.20. The van der Waals surface area contributed by atoms with Gasteiger partial charge in [0.1, 0.15) is 5.75 Å². The summed E-state index contributed by atoms with van der Waals surface area (Å²) >= 11 is 5.68. The number of aromatic hydroxyl groups is 1. The van der Waals surface area contributed by atoms with Crippen molar-refractivity contribution in [3.8, 4) is 5.75 Å². The second-order valence-corrected chi connectivity index (χ2v) is 4.16. The van der Waals surface area contributed by atoms with Gasteiger partial charge in [0.2, 0.25) is 0 Å². The number of phenols is 1. The molecule has 2 N–H and O–H groups in total. The lowest BCUT2D eigenvalue weighted by molar-refractivity contribution is 0.102. The Labute approximate surface area is 112 Å². The first kappa shape index (κ1) is 13.3. The molecule has 98 valence electrons. The Bertz CT molecular complexity index is 647. The molecule has 2 aromatic rings. The largest absolute Gasteiger partial charge is 0.506 e. The Morgan fingerprint density at radius 1 is 1.11 bits per heavy atom. The van der Waals surface area contributed by atoms with Crippen molar-refractivity contribution in [2.45, 2.75) is 0 Å². The second-order valence-electron chi connectivity index (χ2n) is 3.75. The molecular weight excluding hydrogens is 276 g/mol. The molecule has 1 amide bonds. The van der Waals surface area contributed by atoms with E-state index in [9.17, 15) is 18.7 Å². The highest BCUT2D eigenvalue weighted by Gasteiger charge is 2.10. The minimum Gasteiger partial charge on any atom is -0.506 e. The number of phenolic OH excluding ortho intramolecular Hbond substituents is 1. The Kier molecular flexibility index (Phi) is 3.66. The fourth-order valence-corrected chi connectivity index (χ4v) is 1.61. The van der Waals surface area contributed by atoms with Crippen molar-refractivity contribution in [2.75, 3.05) is 5.32 Å². The maximum atomic E-state index is 13.0. The summed E-state index contributed by atoms with van der Waals surface area (Å²) in [5.41, 5.74) is 0.306. The molecule has 0 bridgehead atoms. The predicted molar refractivity (Wildman–Crippen MR) is 67.4 cm³/mol. The van der Waals surface area contributed by atoms with E-state index in [1.807, 2.05) is 0 Å². The average Bonchev–Trinajstić information content (AvgIpc) is 2.37. The zero-order valence-corrected chi connectivity index (χ0v) is 10.2. The van der Waals surface area contributed by atoms with Crippen molar-refractivity contribution in [2.24, 2.45) is 0 Å². The number of amides is 1. The van der Waals surface area contributed by atoms with Gasteiger partial charge in [-0.15, -0.1) is 0 Å². The first-order valence-electron chi connectivity index (χ1n) is 5.22. The van der Waals surface area contributed by atoms with Crippen LogP contribution in [-0.2, 0) is 0 Å². The smallest absolute Gasteiger partial charge is 0.255 e. The molecule has 0 spiro atoms. The molecule has 0 radical (unpaired) electrons.